The molecule has 398 valence electrons. The van der Waals surface area contributed by atoms with Crippen LogP contribution < -0.4 is 0 Å². The van der Waals surface area contributed by atoms with Gasteiger partial charge in [0.1, 0.15) is 33.7 Å². The molecule has 0 atom stereocenters. The fraction of sp³-hybridized carbons (Fsp3) is 0.719. The van der Waals surface area contributed by atoms with Gasteiger partial charge in [0.05, 0.1) is 23.5 Å². The van der Waals surface area contributed by atoms with Crippen LogP contribution in [0.4, 0.5) is 8.78 Å². The van der Waals surface area contributed by atoms with Gasteiger partial charge in [-0.05, 0) is 48.9 Å². The average molecular weight is 1020 g/mol. The molecule has 0 fully saturated rings. The second-order valence-corrected chi connectivity index (χ2v) is 23.9. The molecule has 0 saturated carbocycles. The van der Waals surface area contributed by atoms with Crippen molar-refractivity contribution in [3.8, 4) is 22.3 Å². The molecule has 2 aliphatic carbocycles. The summed E-state index contributed by atoms with van der Waals surface area (Å²) in [6, 6.07) is 8.65. The van der Waals surface area contributed by atoms with E-state index >= 15 is 8.78 Å². The van der Waals surface area contributed by atoms with Crippen LogP contribution in [0.25, 0.3) is 44.3 Å². The van der Waals surface area contributed by atoms with Crippen LogP contribution in [0.15, 0.2) is 24.3 Å². The first kappa shape index (κ1) is 56.9. The van der Waals surface area contributed by atoms with Gasteiger partial charge in [-0.3, -0.25) is 0 Å². The van der Waals surface area contributed by atoms with Gasteiger partial charge in [0, 0.05) is 44.2 Å². The van der Waals surface area contributed by atoms with Gasteiger partial charge in [0.2, 0.25) is 0 Å². The molecule has 0 amide bonds. The van der Waals surface area contributed by atoms with Gasteiger partial charge in [-0.25, -0.2) is 8.78 Å². The van der Waals surface area contributed by atoms with E-state index in [1.807, 2.05) is 0 Å². The van der Waals surface area contributed by atoms with Gasteiger partial charge in [0.15, 0.2) is 0 Å². The third-order valence-electron chi connectivity index (χ3n) is 17.6. The Labute approximate surface area is 445 Å². The molecule has 0 spiro atoms. The molecule has 7 rings (SSSR count). The summed E-state index contributed by atoms with van der Waals surface area (Å²) in [6.45, 7) is 9.14. The quantitative estimate of drug-likeness (QED) is 0.0367. The van der Waals surface area contributed by atoms with Gasteiger partial charge >= 0.3 is 0 Å². The monoisotopic (exact) mass is 1020 g/mol. The lowest BCUT2D eigenvalue weighted by Gasteiger charge is -2.35. The molecule has 0 N–H and O–H groups in total. The topological polar surface area (TPSA) is 51.6 Å². The van der Waals surface area contributed by atoms with E-state index in [0.717, 1.165) is 121 Å². The van der Waals surface area contributed by atoms with Gasteiger partial charge in [-0.1, -0.05) is 271 Å². The van der Waals surface area contributed by atoms with Crippen molar-refractivity contribution in [2.75, 3.05) is 0 Å². The lowest BCUT2D eigenvalue weighted by atomic mass is 9.68. The molecule has 2 aliphatic rings. The van der Waals surface area contributed by atoms with Crippen molar-refractivity contribution in [1.29, 1.82) is 0 Å². The molecule has 2 heterocycles. The molecule has 8 heteroatoms. The van der Waals surface area contributed by atoms with Crippen LogP contribution in [0.2, 0.25) is 0 Å². The predicted octanol–water partition coefficient (Wildman–Crippen LogP) is 22.2. The van der Waals surface area contributed by atoms with Crippen LogP contribution >= 0.6 is 23.5 Å². The van der Waals surface area contributed by atoms with Crippen molar-refractivity contribution in [3.63, 3.8) is 0 Å². The molecular weight excluding hydrogens is 927 g/mol. The summed E-state index contributed by atoms with van der Waals surface area (Å²) in [4.78, 5) is 0. The number of benzene rings is 3. The van der Waals surface area contributed by atoms with Crippen LogP contribution in [0.5, 0.6) is 0 Å². The number of nitrogens with zero attached hydrogens (tertiary/aromatic N) is 4. The molecule has 0 saturated heterocycles. The first-order valence-corrected chi connectivity index (χ1v) is 32.0. The molecule has 4 nitrogen and oxygen atoms in total. The molecule has 5 aromatic rings. The Morgan fingerprint density at radius 2 is 0.569 bits per heavy atom. The highest BCUT2D eigenvalue weighted by Crippen LogP contribution is 2.65. The van der Waals surface area contributed by atoms with Crippen LogP contribution in [-0.4, -0.2) is 17.5 Å². The van der Waals surface area contributed by atoms with E-state index in [1.165, 1.54) is 203 Å². The normalized spacial score (nSPS) is 14.2. The van der Waals surface area contributed by atoms with E-state index < -0.39 is 10.8 Å². The molecule has 72 heavy (non-hydrogen) atoms. The number of unbranched alkanes of at least 4 members (excludes halogenated alkanes) is 32. The van der Waals surface area contributed by atoms with Crippen LogP contribution in [0.3, 0.4) is 0 Å². The second-order valence-electron chi connectivity index (χ2n) is 22.8. The van der Waals surface area contributed by atoms with Crippen molar-refractivity contribution in [3.05, 3.63) is 58.2 Å². The van der Waals surface area contributed by atoms with E-state index in [4.69, 9.17) is 17.5 Å². The minimum absolute atomic E-state index is 0.191. The molecule has 0 unspecified atom stereocenters. The molecular formula is C64H96F2N4S2. The largest absolute Gasteiger partial charge is 0.206 e. The molecule has 2 aromatic heterocycles. The number of hydrogen-bond donors (Lipinski definition) is 0. The molecule has 3 aromatic carbocycles. The highest BCUT2D eigenvalue weighted by Gasteiger charge is 2.54. The van der Waals surface area contributed by atoms with Gasteiger partial charge in [-0.2, -0.15) is 17.5 Å². The number of hydrogen-bond acceptors (Lipinski definition) is 6. The zero-order valence-electron chi connectivity index (χ0n) is 46.0. The standard InChI is InChI=1S/C64H96F2N4S2/c1-5-9-13-17-21-25-29-33-37-45-63(46-38-34-30-26-22-18-14-10-6-2)49-41-43-51-61(69-71-67-51)53(49)55-57(63)59(65)56-54-50(42-44-52-62(54)70-72-68-52)64(58(56)60(55)66,47-39-35-31-27-23-19-15-11-7-3)48-40-36-32-28-24-20-16-12-8-4/h41-44H,5-40,45-48H2,1-4H3. The summed E-state index contributed by atoms with van der Waals surface area (Å²) in [6.07, 6.45) is 47.5. The molecule has 0 aliphatic heterocycles. The predicted molar refractivity (Wildman–Crippen MR) is 308 cm³/mol. The fourth-order valence-electron chi connectivity index (χ4n) is 13.6. The maximum atomic E-state index is 19.4. The smallest absolute Gasteiger partial charge is 0.136 e. The van der Waals surface area contributed by atoms with E-state index in [0.29, 0.717) is 22.3 Å². The number of fused-ring (bicyclic) bond motifs is 10. The van der Waals surface area contributed by atoms with E-state index in [2.05, 4.69) is 52.0 Å². The minimum atomic E-state index is -0.654. The van der Waals surface area contributed by atoms with Crippen molar-refractivity contribution < 1.29 is 8.78 Å². The van der Waals surface area contributed by atoms with Crippen LogP contribution in [-0.2, 0) is 10.8 Å². The lowest BCUT2D eigenvalue weighted by Crippen LogP contribution is -2.29. The van der Waals surface area contributed by atoms with Gasteiger partial charge in [0.25, 0.3) is 0 Å². The Morgan fingerprint density at radius 1 is 0.319 bits per heavy atom. The molecule has 0 bridgehead atoms. The Kier molecular flexibility index (Phi) is 23.7. The third kappa shape index (κ3) is 13.6. The summed E-state index contributed by atoms with van der Waals surface area (Å²) in [5, 5.41) is 0. The van der Waals surface area contributed by atoms with E-state index in [1.54, 1.807) is 0 Å². The average Bonchev–Trinajstić information content (AvgIpc) is 4.19. The molecule has 0 radical (unpaired) electrons. The van der Waals surface area contributed by atoms with Crippen molar-refractivity contribution >= 4 is 45.5 Å². The summed E-state index contributed by atoms with van der Waals surface area (Å²) in [7, 11) is 0. The lowest BCUT2D eigenvalue weighted by molar-refractivity contribution is 0.374. The van der Waals surface area contributed by atoms with Crippen molar-refractivity contribution in [2.45, 2.75) is 295 Å². The number of halogens is 2. The summed E-state index contributed by atoms with van der Waals surface area (Å²) < 4.78 is 58.3. The Balaban J connectivity index is 1.30. The summed E-state index contributed by atoms with van der Waals surface area (Å²) in [5.41, 5.74) is 7.88. The van der Waals surface area contributed by atoms with Gasteiger partial charge < -0.3 is 0 Å². The highest BCUT2D eigenvalue weighted by molar-refractivity contribution is 7.00. The SMILES string of the molecule is CCCCCCCCCCCC1(CCCCCCCCCCC)c2ccc3nsnc3c2-c2c(F)c3c(c(F)c21)-c1c(ccc2nsnc12)C3(CCCCCCCCCCC)CCCCCCCCCCC. The summed E-state index contributed by atoms with van der Waals surface area (Å²) in [5.74, 6) is -0.382. The van der Waals surface area contributed by atoms with Crippen molar-refractivity contribution in [2.24, 2.45) is 0 Å². The second kappa shape index (κ2) is 30.0. The zero-order valence-corrected chi connectivity index (χ0v) is 47.6. The summed E-state index contributed by atoms with van der Waals surface area (Å²) >= 11 is 2.41. The van der Waals surface area contributed by atoms with Crippen LogP contribution in [0.1, 0.15) is 307 Å². The van der Waals surface area contributed by atoms with Crippen molar-refractivity contribution in [1.82, 2.24) is 17.5 Å². The van der Waals surface area contributed by atoms with E-state index in [-0.39, 0.29) is 11.6 Å². The van der Waals surface area contributed by atoms with E-state index in [9.17, 15) is 0 Å². The highest BCUT2D eigenvalue weighted by atomic mass is 32.1. The Hall–Kier alpha value is -2.84. The first-order chi connectivity index (χ1) is 35.5. The number of rotatable bonds is 40. The Bertz CT molecular complexity index is 2160. The first-order valence-electron chi connectivity index (χ1n) is 30.6. The number of aromatic nitrogens is 4. The fourth-order valence-corrected chi connectivity index (χ4v) is 14.7. The van der Waals surface area contributed by atoms with Gasteiger partial charge in [-0.15, -0.1) is 0 Å². The maximum absolute atomic E-state index is 19.4. The zero-order chi connectivity index (χ0) is 50.4. The van der Waals surface area contributed by atoms with Crippen LogP contribution in [0, 0.1) is 11.6 Å². The Morgan fingerprint density at radius 3 is 0.833 bits per heavy atom. The maximum Gasteiger partial charge on any atom is 0.136 e. The minimum Gasteiger partial charge on any atom is -0.206 e. The third-order valence-corrected chi connectivity index (χ3v) is 18.6.